The van der Waals surface area contributed by atoms with E-state index in [1.165, 1.54) is 24.8 Å². The van der Waals surface area contributed by atoms with Crippen molar-refractivity contribution in [3.8, 4) is 0 Å². The Morgan fingerprint density at radius 1 is 1.42 bits per heavy atom. The van der Waals surface area contributed by atoms with Crippen LogP contribution in [0.2, 0.25) is 0 Å². The maximum atomic E-state index is 12.2. The second kappa shape index (κ2) is 6.91. The molecule has 0 spiro atoms. The molecule has 1 saturated heterocycles. The Bertz CT molecular complexity index is 899. The van der Waals surface area contributed by atoms with Crippen LogP contribution < -0.4 is 16.0 Å². The van der Waals surface area contributed by atoms with Crippen LogP contribution in [0.25, 0.3) is 0 Å². The first kappa shape index (κ1) is 18.7. The molecule has 3 heterocycles. The summed E-state index contributed by atoms with van der Waals surface area (Å²) >= 11 is 0. The molecule has 142 valence electrons. The number of ether oxygens (including phenoxy) is 1. The first-order valence-electron chi connectivity index (χ1n) is 7.57. The number of aryl methyl sites for hydroxylation is 1. The number of rotatable bonds is 5. The third-order valence-electron chi connectivity index (χ3n) is 3.92. The molecule has 2 aromatic rings. The molecule has 12 nitrogen and oxygen atoms in total. The van der Waals surface area contributed by atoms with Crippen molar-refractivity contribution in [3.05, 3.63) is 41.5 Å². The van der Waals surface area contributed by atoms with Crippen molar-refractivity contribution in [1.82, 2.24) is 13.9 Å². The van der Waals surface area contributed by atoms with E-state index in [2.05, 4.69) is 4.98 Å². The van der Waals surface area contributed by atoms with E-state index >= 15 is 0 Å². The second-order valence-corrected chi connectivity index (χ2v) is 7.54. The number of nitrogen functional groups attached to an aromatic ring is 1. The molecule has 0 amide bonds. The van der Waals surface area contributed by atoms with Crippen molar-refractivity contribution >= 4 is 13.6 Å². The minimum absolute atomic E-state index is 0.000253. The van der Waals surface area contributed by atoms with Gasteiger partial charge in [-0.25, -0.2) is 13.9 Å². The van der Waals surface area contributed by atoms with Crippen LogP contribution in [0.3, 0.4) is 0 Å². The molecular weight excluding hydrogens is 369 g/mol. The van der Waals surface area contributed by atoms with E-state index in [1.807, 2.05) is 0 Å². The third-order valence-corrected chi connectivity index (χ3v) is 5.22. The highest BCUT2D eigenvalue weighted by atomic mass is 31.2. The van der Waals surface area contributed by atoms with Gasteiger partial charge in [0.1, 0.15) is 36.5 Å². The topological polar surface area (TPSA) is 166 Å². The smallest absolute Gasteiger partial charge is 0.387 e. The van der Waals surface area contributed by atoms with Crippen molar-refractivity contribution in [2.75, 3.05) is 12.3 Å². The number of nitrogens with two attached hydrogens (primary N) is 1. The minimum atomic E-state index is -4.20. The number of hydrogen-bond donors (Lipinski definition) is 4. The Labute approximate surface area is 147 Å². The van der Waals surface area contributed by atoms with Crippen molar-refractivity contribution in [2.24, 2.45) is 7.05 Å². The predicted molar refractivity (Wildman–Crippen MR) is 85.6 cm³/mol. The van der Waals surface area contributed by atoms with Crippen LogP contribution in [0.5, 0.6) is 0 Å². The standard InChI is InChI=1S/C13H18N5O7P/c1-16-4-5-17(7-16)26(22,23)24-6-8-10(19)11(20)12(25-8)18-3-2-9(14)15-13(18)21/h2-5,7-8,10-12,19-20H,6H2,1H3,(H2-,14,15,21,22,23)/p+1. The third kappa shape index (κ3) is 3.56. The molecule has 0 aromatic carbocycles. The van der Waals surface area contributed by atoms with Gasteiger partial charge < -0.3 is 20.7 Å². The Balaban J connectivity index is 1.72. The number of aliphatic hydroxyl groups is 2. The van der Waals surface area contributed by atoms with E-state index in [-0.39, 0.29) is 5.82 Å². The molecule has 26 heavy (non-hydrogen) atoms. The van der Waals surface area contributed by atoms with Crippen LogP contribution in [-0.2, 0) is 20.9 Å². The van der Waals surface area contributed by atoms with Gasteiger partial charge in [0.05, 0.1) is 13.7 Å². The Morgan fingerprint density at radius 2 is 2.15 bits per heavy atom. The summed E-state index contributed by atoms with van der Waals surface area (Å²) in [4.78, 5) is 25.4. The first-order chi connectivity index (χ1) is 12.2. The number of imidazole rings is 1. The first-order valence-corrected chi connectivity index (χ1v) is 9.10. The highest BCUT2D eigenvalue weighted by molar-refractivity contribution is 7.51. The molecule has 5 atom stereocenters. The number of anilines is 1. The zero-order valence-corrected chi connectivity index (χ0v) is 14.6. The van der Waals surface area contributed by atoms with Crippen LogP contribution in [0, 0.1) is 0 Å². The summed E-state index contributed by atoms with van der Waals surface area (Å²) in [6.45, 7) is -0.485. The molecule has 0 bridgehead atoms. The van der Waals surface area contributed by atoms with Gasteiger partial charge in [0, 0.05) is 6.20 Å². The zero-order chi connectivity index (χ0) is 19.1. The fourth-order valence-corrected chi connectivity index (χ4v) is 3.54. The van der Waals surface area contributed by atoms with Gasteiger partial charge in [-0.05, 0) is 6.07 Å². The second-order valence-electron chi connectivity index (χ2n) is 5.83. The van der Waals surface area contributed by atoms with Gasteiger partial charge in [-0.2, -0.15) is 4.98 Å². The van der Waals surface area contributed by atoms with Crippen molar-refractivity contribution in [1.29, 1.82) is 0 Å². The van der Waals surface area contributed by atoms with Crippen LogP contribution in [0.4, 0.5) is 5.82 Å². The predicted octanol–water partition coefficient (Wildman–Crippen LogP) is -2.26. The van der Waals surface area contributed by atoms with Gasteiger partial charge in [-0.1, -0.05) is 0 Å². The highest BCUT2D eigenvalue weighted by Crippen LogP contribution is 2.44. The lowest BCUT2D eigenvalue weighted by Crippen LogP contribution is -2.36. The average Bonchev–Trinajstić information content (AvgIpc) is 3.12. The van der Waals surface area contributed by atoms with Gasteiger partial charge in [-0.15, -0.1) is 4.34 Å². The Morgan fingerprint density at radius 3 is 2.77 bits per heavy atom. The largest absolute Gasteiger partial charge is 0.525 e. The molecule has 1 fully saturated rings. The molecule has 0 radical (unpaired) electrons. The van der Waals surface area contributed by atoms with E-state index in [4.69, 9.17) is 15.0 Å². The monoisotopic (exact) mass is 388 g/mol. The van der Waals surface area contributed by atoms with Crippen LogP contribution in [0.15, 0.2) is 35.8 Å². The lowest BCUT2D eigenvalue weighted by atomic mass is 10.1. The maximum Gasteiger partial charge on any atom is 0.525 e. The van der Waals surface area contributed by atoms with Crippen LogP contribution >= 0.6 is 7.75 Å². The fraction of sp³-hybridized carbons (Fsp3) is 0.462. The van der Waals surface area contributed by atoms with E-state index in [0.717, 1.165) is 8.90 Å². The van der Waals surface area contributed by atoms with Gasteiger partial charge in [-0.3, -0.25) is 14.0 Å². The molecule has 5 N–H and O–H groups in total. The van der Waals surface area contributed by atoms with Crippen molar-refractivity contribution in [3.63, 3.8) is 0 Å². The van der Waals surface area contributed by atoms with Gasteiger partial charge in [0.25, 0.3) is 6.33 Å². The number of aromatic nitrogens is 4. The molecule has 1 aliphatic rings. The number of nitrogens with zero attached hydrogens (tertiary/aromatic N) is 4. The molecule has 0 saturated carbocycles. The quantitative estimate of drug-likeness (QED) is 0.326. The molecular formula is C13H19N5O7P+. The normalized spacial score (nSPS) is 28.2. The average molecular weight is 388 g/mol. The van der Waals surface area contributed by atoms with Crippen molar-refractivity contribution < 1.29 is 33.5 Å². The minimum Gasteiger partial charge on any atom is -0.387 e. The lowest BCUT2D eigenvalue weighted by molar-refractivity contribution is -0.670. The van der Waals surface area contributed by atoms with Crippen molar-refractivity contribution in [2.45, 2.75) is 24.5 Å². The van der Waals surface area contributed by atoms with Gasteiger partial charge in [0.2, 0.25) is 0 Å². The highest BCUT2D eigenvalue weighted by Gasteiger charge is 2.45. The van der Waals surface area contributed by atoms with E-state index in [1.54, 1.807) is 17.8 Å². The zero-order valence-electron chi connectivity index (χ0n) is 13.7. The van der Waals surface area contributed by atoms with E-state index < -0.39 is 44.6 Å². The molecule has 3 rings (SSSR count). The van der Waals surface area contributed by atoms with Crippen LogP contribution in [-0.4, -0.2) is 53.9 Å². The molecule has 1 aliphatic heterocycles. The Hall–Kier alpha value is -2.08. The maximum absolute atomic E-state index is 12.2. The summed E-state index contributed by atoms with van der Waals surface area (Å²) in [7, 11) is -2.54. The Kier molecular flexibility index (Phi) is 4.97. The summed E-state index contributed by atoms with van der Waals surface area (Å²) in [5, 5.41) is 20.2. The fourth-order valence-electron chi connectivity index (χ4n) is 2.54. The summed E-state index contributed by atoms with van der Waals surface area (Å²) in [5.74, 6) is 0.000253. The summed E-state index contributed by atoms with van der Waals surface area (Å²) < 4.78 is 26.2. The summed E-state index contributed by atoms with van der Waals surface area (Å²) in [6, 6.07) is 1.33. The molecule has 5 unspecified atom stereocenters. The summed E-state index contributed by atoms with van der Waals surface area (Å²) in [5.41, 5.74) is 4.64. The van der Waals surface area contributed by atoms with Gasteiger partial charge in [0.15, 0.2) is 6.23 Å². The molecule has 13 heteroatoms. The number of aliphatic hydroxyl groups excluding tert-OH is 2. The SMILES string of the molecule is C[n+]1ccn(P(=O)(O)OCC2OC(n3ccc(N)nc3=O)C(O)C2O)c1. The molecule has 2 aromatic heterocycles. The molecule has 0 aliphatic carbocycles. The van der Waals surface area contributed by atoms with E-state index in [9.17, 15) is 24.5 Å². The van der Waals surface area contributed by atoms with Gasteiger partial charge >= 0.3 is 13.4 Å². The summed E-state index contributed by atoms with van der Waals surface area (Å²) in [6.07, 6.45) is 0.248. The van der Waals surface area contributed by atoms with Crippen LogP contribution in [0.1, 0.15) is 6.23 Å². The van der Waals surface area contributed by atoms with E-state index in [0.29, 0.717) is 0 Å². The lowest BCUT2D eigenvalue weighted by Gasteiger charge is -2.17. The number of hydrogen-bond acceptors (Lipinski definition) is 8.